The zero-order valence-electron chi connectivity index (χ0n) is 19.2. The van der Waals surface area contributed by atoms with Gasteiger partial charge >= 0.3 is 5.97 Å². The first kappa shape index (κ1) is 27.2. The van der Waals surface area contributed by atoms with Gasteiger partial charge in [0.25, 0.3) is 0 Å². The van der Waals surface area contributed by atoms with Crippen molar-refractivity contribution in [2.75, 3.05) is 6.61 Å². The fourth-order valence-electron chi connectivity index (χ4n) is 3.01. The zero-order chi connectivity index (χ0) is 21.4. The van der Waals surface area contributed by atoms with Crippen LogP contribution in [-0.4, -0.2) is 12.6 Å². The molecule has 0 bridgehead atoms. The van der Waals surface area contributed by atoms with Gasteiger partial charge in [0.1, 0.15) is 0 Å². The van der Waals surface area contributed by atoms with E-state index in [0.29, 0.717) is 6.61 Å². The Balaban J connectivity index is 3.69. The van der Waals surface area contributed by atoms with E-state index in [9.17, 15) is 4.79 Å². The highest BCUT2D eigenvalue weighted by Crippen LogP contribution is 2.17. The Morgan fingerprint density at radius 1 is 0.690 bits per heavy atom. The van der Waals surface area contributed by atoms with Crippen molar-refractivity contribution in [3.05, 3.63) is 60.8 Å². The third kappa shape index (κ3) is 19.3. The minimum atomic E-state index is -0.00997. The molecule has 0 rings (SSSR count). The molecular formula is C27H44O2. The van der Waals surface area contributed by atoms with Crippen LogP contribution in [-0.2, 0) is 9.53 Å². The van der Waals surface area contributed by atoms with Gasteiger partial charge in [0, 0.05) is 0 Å². The maximum absolute atomic E-state index is 11.9. The molecule has 0 saturated heterocycles. The van der Waals surface area contributed by atoms with E-state index in [1.807, 2.05) is 6.92 Å². The van der Waals surface area contributed by atoms with E-state index in [1.165, 1.54) is 0 Å². The van der Waals surface area contributed by atoms with Crippen molar-refractivity contribution < 1.29 is 9.53 Å². The average Bonchev–Trinajstić information content (AvgIpc) is 2.72. The first-order chi connectivity index (χ1) is 14.3. The summed E-state index contributed by atoms with van der Waals surface area (Å²) in [6.07, 6.45) is 33.7. The standard InChI is InChI=1S/C27H44O2/c1-4-7-8-9-10-11-12-13-14-15-16-17-18-19-20-21-22-23-25-26(24-5-2)27(28)29-6-3/h7-8,10-11,13-14,16-17,19-20,26H,4-6,9,12,15,18,21-25H2,1-3H3. The largest absolute Gasteiger partial charge is 0.466 e. The molecule has 29 heavy (non-hydrogen) atoms. The fourth-order valence-corrected chi connectivity index (χ4v) is 3.01. The molecule has 0 amide bonds. The number of esters is 1. The molecule has 164 valence electrons. The van der Waals surface area contributed by atoms with E-state index in [-0.39, 0.29) is 11.9 Å². The van der Waals surface area contributed by atoms with Crippen LogP contribution in [0.5, 0.6) is 0 Å². The monoisotopic (exact) mass is 400 g/mol. The third-order valence-electron chi connectivity index (χ3n) is 4.59. The Kier molecular flexibility index (Phi) is 21.0. The molecule has 1 atom stereocenters. The van der Waals surface area contributed by atoms with Crippen LogP contribution in [0.3, 0.4) is 0 Å². The number of unbranched alkanes of at least 4 members (excludes halogenated alkanes) is 2. The molecule has 0 aliphatic heterocycles. The Hall–Kier alpha value is -1.83. The van der Waals surface area contributed by atoms with Crippen LogP contribution in [0.4, 0.5) is 0 Å². The first-order valence-corrected chi connectivity index (χ1v) is 11.7. The van der Waals surface area contributed by atoms with Gasteiger partial charge in [-0.2, -0.15) is 0 Å². The molecule has 0 aliphatic rings. The molecule has 0 aliphatic carbocycles. The van der Waals surface area contributed by atoms with Gasteiger partial charge in [-0.25, -0.2) is 0 Å². The highest BCUT2D eigenvalue weighted by Gasteiger charge is 2.17. The maximum atomic E-state index is 11.9. The van der Waals surface area contributed by atoms with Crippen molar-refractivity contribution in [1.82, 2.24) is 0 Å². The third-order valence-corrected chi connectivity index (χ3v) is 4.59. The quantitative estimate of drug-likeness (QED) is 0.131. The highest BCUT2D eigenvalue weighted by atomic mass is 16.5. The summed E-state index contributed by atoms with van der Waals surface area (Å²) in [5.74, 6) is 0.0810. The van der Waals surface area contributed by atoms with Crippen LogP contribution in [0, 0.1) is 5.92 Å². The summed E-state index contributed by atoms with van der Waals surface area (Å²) in [6.45, 7) is 6.65. The van der Waals surface area contributed by atoms with E-state index in [1.54, 1.807) is 0 Å². The number of hydrogen-bond donors (Lipinski definition) is 0. The van der Waals surface area contributed by atoms with Gasteiger partial charge in [-0.3, -0.25) is 4.79 Å². The first-order valence-electron chi connectivity index (χ1n) is 11.7. The molecule has 0 fully saturated rings. The summed E-state index contributed by atoms with van der Waals surface area (Å²) in [4.78, 5) is 11.9. The van der Waals surface area contributed by atoms with Crippen LogP contribution in [0.2, 0.25) is 0 Å². The fraction of sp³-hybridized carbons (Fsp3) is 0.593. The average molecular weight is 401 g/mol. The summed E-state index contributed by atoms with van der Waals surface area (Å²) < 4.78 is 5.17. The molecule has 0 aromatic heterocycles. The lowest BCUT2D eigenvalue weighted by Crippen LogP contribution is -2.17. The topological polar surface area (TPSA) is 26.3 Å². The normalized spacial score (nSPS) is 13.6. The van der Waals surface area contributed by atoms with Crippen LogP contribution < -0.4 is 0 Å². The van der Waals surface area contributed by atoms with Crippen molar-refractivity contribution in [3.63, 3.8) is 0 Å². The lowest BCUT2D eigenvalue weighted by molar-refractivity contribution is -0.148. The summed E-state index contributed by atoms with van der Waals surface area (Å²) in [6, 6.07) is 0. The van der Waals surface area contributed by atoms with Crippen LogP contribution in [0.15, 0.2) is 60.8 Å². The van der Waals surface area contributed by atoms with Crippen LogP contribution in [0.25, 0.3) is 0 Å². The number of rotatable bonds is 18. The summed E-state index contributed by atoms with van der Waals surface area (Å²) >= 11 is 0. The molecule has 1 unspecified atom stereocenters. The van der Waals surface area contributed by atoms with Crippen molar-refractivity contribution in [2.45, 2.75) is 91.4 Å². The van der Waals surface area contributed by atoms with Crippen molar-refractivity contribution in [2.24, 2.45) is 5.92 Å². The Labute approximate surface area is 180 Å². The highest BCUT2D eigenvalue weighted by molar-refractivity contribution is 5.72. The molecule has 0 radical (unpaired) electrons. The van der Waals surface area contributed by atoms with Gasteiger partial charge < -0.3 is 4.74 Å². The maximum Gasteiger partial charge on any atom is 0.308 e. The lowest BCUT2D eigenvalue weighted by atomic mass is 9.96. The van der Waals surface area contributed by atoms with Crippen molar-refractivity contribution >= 4 is 5.97 Å². The summed E-state index contributed by atoms with van der Waals surface area (Å²) in [5.41, 5.74) is 0. The number of allylic oxidation sites excluding steroid dienone is 10. The van der Waals surface area contributed by atoms with Gasteiger partial charge in [0.2, 0.25) is 0 Å². The second-order valence-electron chi connectivity index (χ2n) is 7.23. The van der Waals surface area contributed by atoms with E-state index in [0.717, 1.165) is 70.6 Å². The molecule has 0 saturated carbocycles. The number of hydrogen-bond acceptors (Lipinski definition) is 2. The summed E-state index contributed by atoms with van der Waals surface area (Å²) in [5, 5.41) is 0. The van der Waals surface area contributed by atoms with Crippen LogP contribution in [0.1, 0.15) is 91.4 Å². The molecule has 0 aromatic carbocycles. The van der Waals surface area contributed by atoms with Crippen LogP contribution >= 0.6 is 0 Å². The molecule has 0 N–H and O–H groups in total. The molecule has 0 heterocycles. The molecule has 0 spiro atoms. The van der Waals surface area contributed by atoms with Gasteiger partial charge in [0.05, 0.1) is 12.5 Å². The number of carbonyl (C=O) groups excluding carboxylic acids is 1. The van der Waals surface area contributed by atoms with E-state index < -0.39 is 0 Å². The van der Waals surface area contributed by atoms with Gasteiger partial charge in [-0.05, 0) is 64.7 Å². The predicted octanol–water partition coefficient (Wildman–Crippen LogP) is 8.28. The van der Waals surface area contributed by atoms with Gasteiger partial charge in [-0.15, -0.1) is 0 Å². The van der Waals surface area contributed by atoms with Gasteiger partial charge in [0.15, 0.2) is 0 Å². The zero-order valence-corrected chi connectivity index (χ0v) is 19.2. The van der Waals surface area contributed by atoms with Gasteiger partial charge in [-0.1, -0.05) is 87.4 Å². The Bertz CT molecular complexity index is 509. The van der Waals surface area contributed by atoms with Crippen molar-refractivity contribution in [1.29, 1.82) is 0 Å². The molecule has 2 heteroatoms. The predicted molar refractivity (Wildman–Crippen MR) is 128 cm³/mol. The lowest BCUT2D eigenvalue weighted by Gasteiger charge is -2.14. The Morgan fingerprint density at radius 3 is 1.69 bits per heavy atom. The number of ether oxygens (including phenoxy) is 1. The van der Waals surface area contributed by atoms with Crippen molar-refractivity contribution in [3.8, 4) is 0 Å². The van der Waals surface area contributed by atoms with E-state index in [2.05, 4.69) is 74.6 Å². The smallest absolute Gasteiger partial charge is 0.308 e. The molecule has 0 aromatic rings. The minimum Gasteiger partial charge on any atom is -0.466 e. The SMILES string of the molecule is CCC=CCC=CCC=CCC=CCC=CCCCCC(CCC)C(=O)OCC. The van der Waals surface area contributed by atoms with E-state index in [4.69, 9.17) is 4.74 Å². The second kappa shape index (κ2) is 22.5. The second-order valence-corrected chi connectivity index (χ2v) is 7.23. The minimum absolute atomic E-state index is 0.00997. The number of carbonyl (C=O) groups is 1. The Morgan fingerprint density at radius 2 is 1.21 bits per heavy atom. The van der Waals surface area contributed by atoms with E-state index >= 15 is 0 Å². The molecule has 2 nitrogen and oxygen atoms in total. The molecular weight excluding hydrogens is 356 g/mol. The summed E-state index contributed by atoms with van der Waals surface area (Å²) in [7, 11) is 0.